The fourth-order valence-corrected chi connectivity index (χ4v) is 4.77. The Bertz CT molecular complexity index is 1740. The SMILES string of the molecule is Cc1ccc(OC(C)C(=O)Nc2ccc(Cl)c(NC(=O)c3cc4nnc(-c5cc(Cl)cc(Cl)c5)n4[nH]3)c2)c(C)c1. The van der Waals surface area contributed by atoms with Gasteiger partial charge in [0.15, 0.2) is 17.6 Å². The summed E-state index contributed by atoms with van der Waals surface area (Å²) in [5.74, 6) is 0.230. The van der Waals surface area contributed by atoms with Crippen LogP contribution in [0.25, 0.3) is 17.0 Å². The van der Waals surface area contributed by atoms with Crippen LogP contribution in [0.1, 0.15) is 28.5 Å². The zero-order valence-electron chi connectivity index (χ0n) is 21.6. The number of carbonyl (C=O) groups excluding carboxylic acids is 2. The van der Waals surface area contributed by atoms with Crippen molar-refractivity contribution in [2.45, 2.75) is 26.9 Å². The first kappa shape index (κ1) is 27.5. The van der Waals surface area contributed by atoms with E-state index in [0.29, 0.717) is 44.2 Å². The van der Waals surface area contributed by atoms with Gasteiger partial charge in [-0.05, 0) is 68.8 Å². The Morgan fingerprint density at radius 2 is 1.68 bits per heavy atom. The number of nitrogens with one attached hydrogen (secondary N) is 3. The molecule has 0 aliphatic carbocycles. The first-order valence-corrected chi connectivity index (χ1v) is 13.3. The quantitative estimate of drug-likeness (QED) is 0.188. The van der Waals surface area contributed by atoms with Gasteiger partial charge in [0.25, 0.3) is 11.8 Å². The van der Waals surface area contributed by atoms with E-state index in [9.17, 15) is 9.59 Å². The molecule has 204 valence electrons. The summed E-state index contributed by atoms with van der Waals surface area (Å²) in [5.41, 5.74) is 4.04. The Labute approximate surface area is 244 Å². The highest BCUT2D eigenvalue weighted by atomic mass is 35.5. The lowest BCUT2D eigenvalue weighted by molar-refractivity contribution is -0.122. The number of benzene rings is 3. The van der Waals surface area contributed by atoms with Crippen molar-refractivity contribution in [2.75, 3.05) is 10.6 Å². The molecule has 0 aliphatic rings. The number of halogens is 3. The number of fused-ring (bicyclic) bond motifs is 1. The molecule has 0 fully saturated rings. The molecule has 40 heavy (non-hydrogen) atoms. The van der Waals surface area contributed by atoms with Gasteiger partial charge in [0.2, 0.25) is 0 Å². The Hall–Kier alpha value is -4.05. The Kier molecular flexibility index (Phi) is 7.71. The maximum atomic E-state index is 13.1. The van der Waals surface area contributed by atoms with Crippen LogP contribution in [0.4, 0.5) is 11.4 Å². The second kappa shape index (κ2) is 11.2. The monoisotopic (exact) mass is 596 g/mol. The van der Waals surface area contributed by atoms with Crippen LogP contribution in [0, 0.1) is 13.8 Å². The van der Waals surface area contributed by atoms with Gasteiger partial charge < -0.3 is 15.4 Å². The number of anilines is 2. The summed E-state index contributed by atoms with van der Waals surface area (Å²) in [6.07, 6.45) is -0.762. The second-order valence-electron chi connectivity index (χ2n) is 9.21. The maximum Gasteiger partial charge on any atom is 0.273 e. The van der Waals surface area contributed by atoms with Crippen LogP contribution < -0.4 is 15.4 Å². The first-order chi connectivity index (χ1) is 19.1. The lowest BCUT2D eigenvalue weighted by Gasteiger charge is -2.17. The number of amides is 2. The van der Waals surface area contributed by atoms with E-state index in [4.69, 9.17) is 39.5 Å². The molecular weight excluding hydrogens is 575 g/mol. The van der Waals surface area contributed by atoms with Gasteiger partial charge in [0.05, 0.1) is 10.7 Å². The van der Waals surface area contributed by atoms with Gasteiger partial charge in [-0.15, -0.1) is 10.2 Å². The summed E-state index contributed by atoms with van der Waals surface area (Å²) in [4.78, 5) is 25.9. The number of carbonyl (C=O) groups is 2. The largest absolute Gasteiger partial charge is 0.481 e. The third-order valence-electron chi connectivity index (χ3n) is 6.04. The molecule has 2 heterocycles. The molecule has 3 N–H and O–H groups in total. The number of nitrogens with zero attached hydrogens (tertiary/aromatic N) is 3. The van der Waals surface area contributed by atoms with Crippen molar-refractivity contribution in [3.8, 4) is 17.1 Å². The highest BCUT2D eigenvalue weighted by Crippen LogP contribution is 2.28. The van der Waals surface area contributed by atoms with Crippen LogP contribution in [0.5, 0.6) is 5.75 Å². The van der Waals surface area contributed by atoms with Crippen LogP contribution in [0.2, 0.25) is 15.1 Å². The second-order valence-corrected chi connectivity index (χ2v) is 10.5. The third-order valence-corrected chi connectivity index (χ3v) is 6.81. The van der Waals surface area contributed by atoms with Crippen LogP contribution in [-0.4, -0.2) is 37.7 Å². The molecule has 5 aromatic rings. The van der Waals surface area contributed by atoms with E-state index in [1.807, 2.05) is 32.0 Å². The normalized spacial score (nSPS) is 11.8. The highest BCUT2D eigenvalue weighted by Gasteiger charge is 2.19. The molecule has 0 radical (unpaired) electrons. The van der Waals surface area contributed by atoms with Crippen molar-refractivity contribution in [2.24, 2.45) is 0 Å². The summed E-state index contributed by atoms with van der Waals surface area (Å²) < 4.78 is 7.39. The topological polar surface area (TPSA) is 113 Å². The number of aryl methyl sites for hydroxylation is 2. The minimum absolute atomic E-state index is 0.209. The van der Waals surface area contributed by atoms with Crippen molar-refractivity contribution in [1.29, 1.82) is 0 Å². The molecule has 2 amide bonds. The molecule has 0 saturated carbocycles. The van der Waals surface area contributed by atoms with Crippen molar-refractivity contribution >= 4 is 63.6 Å². The third kappa shape index (κ3) is 5.91. The minimum atomic E-state index is -0.762. The number of hydrogen-bond acceptors (Lipinski definition) is 5. The smallest absolute Gasteiger partial charge is 0.273 e. The number of ether oxygens (including phenoxy) is 1. The van der Waals surface area contributed by atoms with Crippen LogP contribution in [-0.2, 0) is 4.79 Å². The van der Waals surface area contributed by atoms with E-state index in [0.717, 1.165) is 11.1 Å². The fraction of sp³-hybridized carbons (Fsp3) is 0.143. The molecule has 3 aromatic carbocycles. The standard InChI is InChI=1S/C28H23Cl3N6O3/c1-14-4-7-24(15(2)8-14)40-16(3)27(38)32-20-5-6-21(31)22(12-20)33-28(39)23-13-25-34-35-26(37(25)36-23)17-9-18(29)11-19(30)10-17/h4-13,16,36H,1-3H3,(H,32,38)(H,33,39). The summed E-state index contributed by atoms with van der Waals surface area (Å²) in [7, 11) is 0. The molecule has 0 aliphatic heterocycles. The molecule has 0 saturated heterocycles. The van der Waals surface area contributed by atoms with E-state index >= 15 is 0 Å². The average Bonchev–Trinajstić information content (AvgIpc) is 3.48. The van der Waals surface area contributed by atoms with Crippen molar-refractivity contribution < 1.29 is 14.3 Å². The van der Waals surface area contributed by atoms with Gasteiger partial charge in [-0.25, -0.2) is 4.52 Å². The van der Waals surface area contributed by atoms with Gasteiger partial charge in [0, 0.05) is 27.4 Å². The number of aromatic amines is 1. The molecule has 2 aromatic heterocycles. The Balaban J connectivity index is 1.30. The van der Waals surface area contributed by atoms with Crippen molar-refractivity contribution in [1.82, 2.24) is 19.8 Å². The van der Waals surface area contributed by atoms with Crippen molar-refractivity contribution in [3.63, 3.8) is 0 Å². The molecule has 1 atom stereocenters. The van der Waals surface area contributed by atoms with E-state index in [-0.39, 0.29) is 16.6 Å². The van der Waals surface area contributed by atoms with Gasteiger partial charge in [-0.1, -0.05) is 52.5 Å². The van der Waals surface area contributed by atoms with Gasteiger partial charge in [-0.3, -0.25) is 14.7 Å². The zero-order chi connectivity index (χ0) is 28.6. The van der Waals surface area contributed by atoms with E-state index in [1.54, 1.807) is 53.9 Å². The van der Waals surface area contributed by atoms with Gasteiger partial charge in [0.1, 0.15) is 11.4 Å². The van der Waals surface area contributed by atoms with Crippen LogP contribution >= 0.6 is 34.8 Å². The predicted molar refractivity (Wildman–Crippen MR) is 157 cm³/mol. The number of aromatic nitrogens is 4. The molecule has 12 heteroatoms. The predicted octanol–water partition coefficient (Wildman–Crippen LogP) is 6.96. The van der Waals surface area contributed by atoms with E-state index in [1.165, 1.54) is 0 Å². The molecule has 0 bridgehead atoms. The maximum absolute atomic E-state index is 13.1. The Morgan fingerprint density at radius 3 is 2.40 bits per heavy atom. The fourth-order valence-electron chi connectivity index (χ4n) is 4.08. The summed E-state index contributed by atoms with van der Waals surface area (Å²) in [6, 6.07) is 17.1. The molecule has 9 nitrogen and oxygen atoms in total. The van der Waals surface area contributed by atoms with Gasteiger partial charge >= 0.3 is 0 Å². The molecule has 1 unspecified atom stereocenters. The average molecular weight is 598 g/mol. The Morgan fingerprint density at radius 1 is 0.925 bits per heavy atom. The van der Waals surface area contributed by atoms with Crippen LogP contribution in [0.15, 0.2) is 60.7 Å². The van der Waals surface area contributed by atoms with Gasteiger partial charge in [-0.2, -0.15) is 0 Å². The lowest BCUT2D eigenvalue weighted by atomic mass is 10.1. The van der Waals surface area contributed by atoms with E-state index in [2.05, 4.69) is 25.9 Å². The lowest BCUT2D eigenvalue weighted by Crippen LogP contribution is -2.30. The van der Waals surface area contributed by atoms with Crippen molar-refractivity contribution in [3.05, 3.63) is 92.6 Å². The summed E-state index contributed by atoms with van der Waals surface area (Å²) >= 11 is 18.6. The minimum Gasteiger partial charge on any atom is -0.481 e. The summed E-state index contributed by atoms with van der Waals surface area (Å²) in [6.45, 7) is 5.58. The molecular formula is C28H23Cl3N6O3. The number of rotatable bonds is 7. The molecule has 0 spiro atoms. The highest BCUT2D eigenvalue weighted by molar-refractivity contribution is 6.35. The number of hydrogen-bond donors (Lipinski definition) is 3. The van der Waals surface area contributed by atoms with Crippen LogP contribution in [0.3, 0.4) is 0 Å². The first-order valence-electron chi connectivity index (χ1n) is 12.1. The molecule has 5 rings (SSSR count). The zero-order valence-corrected chi connectivity index (χ0v) is 23.8. The summed E-state index contributed by atoms with van der Waals surface area (Å²) in [5, 5.41) is 18.0. The van der Waals surface area contributed by atoms with E-state index < -0.39 is 12.0 Å². The number of H-pyrrole nitrogens is 1.